The fourth-order valence-corrected chi connectivity index (χ4v) is 2.77. The molecular formula is C22H31N2+. The molecule has 0 atom stereocenters. The molecule has 0 radical (unpaired) electrons. The van der Waals surface area contributed by atoms with Gasteiger partial charge in [0.25, 0.3) is 0 Å². The third-order valence-corrected chi connectivity index (χ3v) is 4.27. The maximum absolute atomic E-state index is 3.17. The van der Waals surface area contributed by atoms with Gasteiger partial charge >= 0.3 is 0 Å². The Morgan fingerprint density at radius 3 is 2.08 bits per heavy atom. The first-order valence-corrected chi connectivity index (χ1v) is 9.22. The number of nitrogens with zero attached hydrogens (tertiary/aromatic N) is 1. The van der Waals surface area contributed by atoms with Gasteiger partial charge < -0.3 is 5.32 Å². The van der Waals surface area contributed by atoms with Crippen LogP contribution in [0.4, 0.5) is 0 Å². The van der Waals surface area contributed by atoms with Gasteiger partial charge in [0, 0.05) is 25.1 Å². The summed E-state index contributed by atoms with van der Waals surface area (Å²) < 4.78 is 2.29. The third-order valence-electron chi connectivity index (χ3n) is 4.27. The van der Waals surface area contributed by atoms with Crippen LogP contribution in [0, 0.1) is 0 Å². The molecule has 1 aromatic carbocycles. The van der Waals surface area contributed by atoms with Gasteiger partial charge in [-0.05, 0) is 30.2 Å². The summed E-state index contributed by atoms with van der Waals surface area (Å²) >= 11 is 0. The highest BCUT2D eigenvalue weighted by Crippen LogP contribution is 2.09. The average Bonchev–Trinajstić information content (AvgIpc) is 2.62. The molecule has 1 N–H and O–H groups in total. The summed E-state index contributed by atoms with van der Waals surface area (Å²) in [6.45, 7) is 4.31. The van der Waals surface area contributed by atoms with E-state index in [-0.39, 0.29) is 0 Å². The molecule has 1 aromatic heterocycles. The second-order valence-corrected chi connectivity index (χ2v) is 6.39. The van der Waals surface area contributed by atoms with Crippen molar-refractivity contribution in [1.29, 1.82) is 0 Å². The highest BCUT2D eigenvalue weighted by Gasteiger charge is 1.99. The molecule has 0 unspecified atom stereocenters. The maximum Gasteiger partial charge on any atom is 0.169 e. The van der Waals surface area contributed by atoms with Crippen LogP contribution >= 0.6 is 0 Å². The van der Waals surface area contributed by atoms with Gasteiger partial charge in [-0.3, -0.25) is 0 Å². The van der Waals surface area contributed by atoms with E-state index in [9.17, 15) is 0 Å². The van der Waals surface area contributed by atoms with E-state index in [1.165, 1.54) is 48.8 Å². The zero-order chi connectivity index (χ0) is 17.0. The molecule has 0 aliphatic heterocycles. The van der Waals surface area contributed by atoms with Crippen molar-refractivity contribution in [3.63, 3.8) is 0 Å². The van der Waals surface area contributed by atoms with Crippen molar-refractivity contribution in [3.8, 4) is 0 Å². The molecule has 24 heavy (non-hydrogen) atoms. The number of rotatable bonds is 10. The van der Waals surface area contributed by atoms with Crippen molar-refractivity contribution >= 4 is 12.2 Å². The molecule has 2 nitrogen and oxygen atoms in total. The highest BCUT2D eigenvalue weighted by molar-refractivity contribution is 5.69. The number of pyridine rings is 1. The van der Waals surface area contributed by atoms with Crippen molar-refractivity contribution in [3.05, 3.63) is 65.5 Å². The number of aromatic nitrogens is 1. The predicted octanol–water partition coefficient (Wildman–Crippen LogP) is 4.83. The van der Waals surface area contributed by atoms with E-state index in [1.54, 1.807) is 0 Å². The summed E-state index contributed by atoms with van der Waals surface area (Å²) in [5, 5.41) is 3.17. The van der Waals surface area contributed by atoms with E-state index in [0.717, 1.165) is 13.1 Å². The van der Waals surface area contributed by atoms with Crippen LogP contribution in [0.2, 0.25) is 0 Å². The fraction of sp³-hybridized carbons (Fsp3) is 0.409. The van der Waals surface area contributed by atoms with Gasteiger partial charge in [-0.15, -0.1) is 0 Å². The van der Waals surface area contributed by atoms with Gasteiger partial charge in [-0.25, -0.2) is 4.57 Å². The smallest absolute Gasteiger partial charge is 0.169 e. The van der Waals surface area contributed by atoms with Gasteiger partial charge in [0.1, 0.15) is 6.54 Å². The zero-order valence-corrected chi connectivity index (χ0v) is 15.2. The van der Waals surface area contributed by atoms with E-state index in [2.05, 4.69) is 77.8 Å². The Morgan fingerprint density at radius 2 is 1.46 bits per heavy atom. The number of benzene rings is 1. The molecule has 1 heterocycles. The molecule has 0 saturated heterocycles. The molecule has 0 amide bonds. The molecule has 2 aromatic rings. The van der Waals surface area contributed by atoms with Crippen molar-refractivity contribution in [2.75, 3.05) is 7.05 Å². The summed E-state index contributed by atoms with van der Waals surface area (Å²) in [6, 6.07) is 13.1. The standard InChI is InChI=1S/C22H31N2/c1-3-4-5-6-7-16-24-17-14-21(15-18-24)9-8-20-10-12-22(13-11-20)19-23-2/h8-15,17-18,23H,3-7,16,19H2,1-2H3/q+1/b9-8+. The van der Waals surface area contributed by atoms with Crippen LogP contribution in [0.15, 0.2) is 48.8 Å². The first-order valence-electron chi connectivity index (χ1n) is 9.22. The van der Waals surface area contributed by atoms with Crippen molar-refractivity contribution < 1.29 is 4.57 Å². The van der Waals surface area contributed by atoms with Crippen LogP contribution in [-0.2, 0) is 13.1 Å². The Labute approximate surface area is 147 Å². The molecule has 0 aliphatic carbocycles. The van der Waals surface area contributed by atoms with Crippen LogP contribution in [0.5, 0.6) is 0 Å². The van der Waals surface area contributed by atoms with Gasteiger partial charge in [0.05, 0.1) is 0 Å². The van der Waals surface area contributed by atoms with Crippen LogP contribution in [-0.4, -0.2) is 7.05 Å². The molecule has 0 aliphatic rings. The lowest BCUT2D eigenvalue weighted by molar-refractivity contribution is -0.697. The van der Waals surface area contributed by atoms with Crippen LogP contribution in [0.3, 0.4) is 0 Å². The van der Waals surface area contributed by atoms with Crippen molar-refractivity contribution in [1.82, 2.24) is 5.32 Å². The summed E-state index contributed by atoms with van der Waals surface area (Å²) in [4.78, 5) is 0. The zero-order valence-electron chi connectivity index (χ0n) is 15.2. The monoisotopic (exact) mass is 323 g/mol. The largest absolute Gasteiger partial charge is 0.316 e. The molecular weight excluding hydrogens is 292 g/mol. The van der Waals surface area contributed by atoms with Crippen molar-refractivity contribution in [2.45, 2.75) is 52.1 Å². The molecule has 0 fully saturated rings. The lowest BCUT2D eigenvalue weighted by atomic mass is 10.1. The quantitative estimate of drug-likeness (QED) is 0.489. The minimum absolute atomic E-state index is 0.918. The molecule has 0 bridgehead atoms. The molecule has 0 spiro atoms. The van der Waals surface area contributed by atoms with E-state index in [0.29, 0.717) is 0 Å². The highest BCUT2D eigenvalue weighted by atomic mass is 14.9. The minimum Gasteiger partial charge on any atom is -0.316 e. The number of hydrogen-bond donors (Lipinski definition) is 1. The van der Waals surface area contributed by atoms with Gasteiger partial charge in [-0.1, -0.05) is 62.6 Å². The Bertz CT molecular complexity index is 597. The average molecular weight is 324 g/mol. The topological polar surface area (TPSA) is 15.9 Å². The summed E-state index contributed by atoms with van der Waals surface area (Å²) in [6.07, 6.45) is 15.4. The van der Waals surface area contributed by atoms with E-state index in [4.69, 9.17) is 0 Å². The molecule has 128 valence electrons. The van der Waals surface area contributed by atoms with Gasteiger partial charge in [0.2, 0.25) is 0 Å². The fourth-order valence-electron chi connectivity index (χ4n) is 2.77. The van der Waals surface area contributed by atoms with Gasteiger partial charge in [0.15, 0.2) is 12.4 Å². The first kappa shape index (κ1) is 18.4. The van der Waals surface area contributed by atoms with Gasteiger partial charge in [-0.2, -0.15) is 0 Å². The van der Waals surface area contributed by atoms with Crippen LogP contribution < -0.4 is 9.88 Å². The van der Waals surface area contributed by atoms with Crippen LogP contribution in [0.25, 0.3) is 12.2 Å². The normalized spacial score (nSPS) is 11.2. The van der Waals surface area contributed by atoms with E-state index >= 15 is 0 Å². The summed E-state index contributed by atoms with van der Waals surface area (Å²) in [7, 11) is 1.97. The maximum atomic E-state index is 3.17. The van der Waals surface area contributed by atoms with Crippen LogP contribution in [0.1, 0.15) is 55.7 Å². The number of hydrogen-bond acceptors (Lipinski definition) is 1. The lowest BCUT2D eigenvalue weighted by Gasteiger charge is -2.00. The summed E-state index contributed by atoms with van der Waals surface area (Å²) in [5.41, 5.74) is 3.80. The number of nitrogens with one attached hydrogen (secondary N) is 1. The Hall–Kier alpha value is -1.93. The number of aryl methyl sites for hydroxylation is 1. The molecule has 2 rings (SSSR count). The Balaban J connectivity index is 1.82. The Kier molecular flexibility index (Phi) is 8.26. The van der Waals surface area contributed by atoms with E-state index < -0.39 is 0 Å². The first-order chi connectivity index (χ1) is 11.8. The van der Waals surface area contributed by atoms with E-state index in [1.807, 2.05) is 7.05 Å². The molecule has 0 saturated carbocycles. The Morgan fingerprint density at radius 1 is 0.833 bits per heavy atom. The molecule has 2 heteroatoms. The predicted molar refractivity (Wildman–Crippen MR) is 104 cm³/mol. The lowest BCUT2D eigenvalue weighted by Crippen LogP contribution is -2.32. The third kappa shape index (κ3) is 6.67. The minimum atomic E-state index is 0.918. The van der Waals surface area contributed by atoms with Crippen molar-refractivity contribution in [2.24, 2.45) is 0 Å². The second-order valence-electron chi connectivity index (χ2n) is 6.39. The number of unbranched alkanes of at least 4 members (excludes halogenated alkanes) is 4. The second kappa shape index (κ2) is 10.8. The SMILES string of the molecule is CCCCCCC[n+]1ccc(/C=C/c2ccc(CNC)cc2)cc1. The summed E-state index contributed by atoms with van der Waals surface area (Å²) in [5.74, 6) is 0.